The minimum Gasteiger partial charge on any atom is -0.494 e. The SMILES string of the molecule is CCCCN1C(=O)C2C(c3ccc(OCCC)cc3)NC(C)(C(=O)O)C2C1=O. The number of carbonyl (C=O) groups excluding carboxylic acids is 2. The Morgan fingerprint density at radius 2 is 1.86 bits per heavy atom. The third-order valence-electron chi connectivity index (χ3n) is 5.77. The maximum absolute atomic E-state index is 13.1. The second-order valence-electron chi connectivity index (χ2n) is 7.73. The van der Waals surface area contributed by atoms with Gasteiger partial charge in [-0.05, 0) is 37.5 Å². The van der Waals surface area contributed by atoms with Crippen LogP contribution in [-0.4, -0.2) is 46.5 Å². The molecule has 0 spiro atoms. The van der Waals surface area contributed by atoms with Crippen LogP contribution in [0.15, 0.2) is 24.3 Å². The van der Waals surface area contributed by atoms with Crippen LogP contribution >= 0.6 is 0 Å². The Hall–Kier alpha value is -2.41. The minimum absolute atomic E-state index is 0.280. The van der Waals surface area contributed by atoms with E-state index >= 15 is 0 Å². The van der Waals surface area contributed by atoms with Crippen molar-refractivity contribution in [1.29, 1.82) is 0 Å². The summed E-state index contributed by atoms with van der Waals surface area (Å²) < 4.78 is 5.59. The predicted octanol–water partition coefficient (Wildman–Crippen LogP) is 2.36. The highest BCUT2D eigenvalue weighted by atomic mass is 16.5. The summed E-state index contributed by atoms with van der Waals surface area (Å²) in [5, 5.41) is 12.9. The molecule has 2 aliphatic heterocycles. The number of hydrogen-bond donors (Lipinski definition) is 2. The molecule has 0 aromatic heterocycles. The van der Waals surface area contributed by atoms with Gasteiger partial charge >= 0.3 is 5.97 Å². The van der Waals surface area contributed by atoms with Gasteiger partial charge in [0.1, 0.15) is 11.3 Å². The second kappa shape index (κ2) is 7.91. The van der Waals surface area contributed by atoms with Crippen molar-refractivity contribution in [2.45, 2.75) is 51.6 Å². The number of fused-ring (bicyclic) bond motifs is 1. The fourth-order valence-corrected chi connectivity index (χ4v) is 4.21. The molecule has 2 amide bonds. The third-order valence-corrected chi connectivity index (χ3v) is 5.77. The first-order valence-corrected chi connectivity index (χ1v) is 9.94. The average Bonchev–Trinajstić information content (AvgIpc) is 3.13. The number of hydrogen-bond acceptors (Lipinski definition) is 5. The highest BCUT2D eigenvalue weighted by molar-refractivity contribution is 6.09. The van der Waals surface area contributed by atoms with Gasteiger partial charge in [0, 0.05) is 12.6 Å². The normalized spacial score (nSPS) is 29.2. The number of nitrogens with zero attached hydrogens (tertiary/aromatic N) is 1. The van der Waals surface area contributed by atoms with E-state index in [0.717, 1.165) is 24.2 Å². The summed E-state index contributed by atoms with van der Waals surface area (Å²) in [5.74, 6) is -2.68. The molecule has 7 heteroatoms. The number of carbonyl (C=O) groups is 3. The predicted molar refractivity (Wildman–Crippen MR) is 103 cm³/mol. The fraction of sp³-hybridized carbons (Fsp3) is 0.571. The van der Waals surface area contributed by atoms with Crippen LogP contribution in [0.3, 0.4) is 0 Å². The van der Waals surface area contributed by atoms with Gasteiger partial charge in [-0.3, -0.25) is 24.6 Å². The van der Waals surface area contributed by atoms with E-state index in [1.54, 1.807) is 0 Å². The second-order valence-corrected chi connectivity index (χ2v) is 7.73. The van der Waals surface area contributed by atoms with E-state index in [2.05, 4.69) is 5.32 Å². The van der Waals surface area contributed by atoms with Crippen molar-refractivity contribution in [2.24, 2.45) is 11.8 Å². The largest absolute Gasteiger partial charge is 0.494 e. The molecule has 2 aliphatic rings. The van der Waals surface area contributed by atoms with Gasteiger partial charge < -0.3 is 9.84 Å². The van der Waals surface area contributed by atoms with Crippen LogP contribution in [0.5, 0.6) is 5.75 Å². The van der Waals surface area contributed by atoms with Crippen LogP contribution in [-0.2, 0) is 14.4 Å². The lowest BCUT2D eigenvalue weighted by molar-refractivity contribution is -0.150. The smallest absolute Gasteiger partial charge is 0.324 e. The molecular formula is C21H28N2O5. The molecule has 4 unspecified atom stereocenters. The molecule has 0 aliphatic carbocycles. The molecule has 1 aromatic carbocycles. The molecule has 2 fully saturated rings. The molecule has 0 bridgehead atoms. The van der Waals surface area contributed by atoms with E-state index in [1.807, 2.05) is 38.1 Å². The monoisotopic (exact) mass is 388 g/mol. The van der Waals surface area contributed by atoms with E-state index < -0.39 is 29.4 Å². The summed E-state index contributed by atoms with van der Waals surface area (Å²) in [6, 6.07) is 6.76. The molecule has 3 rings (SSSR count). The quantitative estimate of drug-likeness (QED) is 0.664. The lowest BCUT2D eigenvalue weighted by Crippen LogP contribution is -2.53. The highest BCUT2D eigenvalue weighted by Gasteiger charge is 2.66. The van der Waals surface area contributed by atoms with Crippen molar-refractivity contribution in [2.75, 3.05) is 13.2 Å². The number of benzene rings is 1. The molecular weight excluding hydrogens is 360 g/mol. The van der Waals surface area contributed by atoms with Gasteiger partial charge in [0.25, 0.3) is 0 Å². The number of carboxylic acids is 1. The Bertz CT molecular complexity index is 763. The summed E-state index contributed by atoms with van der Waals surface area (Å²) in [6.07, 6.45) is 2.46. The number of likely N-dealkylation sites (tertiary alicyclic amines) is 1. The Balaban J connectivity index is 1.93. The Kier molecular flexibility index (Phi) is 5.74. The van der Waals surface area contributed by atoms with E-state index in [-0.39, 0.29) is 11.8 Å². The van der Waals surface area contributed by atoms with Gasteiger partial charge in [0.15, 0.2) is 0 Å². The molecule has 7 nitrogen and oxygen atoms in total. The first kappa shape index (κ1) is 20.3. The zero-order valence-corrected chi connectivity index (χ0v) is 16.6. The first-order valence-electron chi connectivity index (χ1n) is 9.94. The summed E-state index contributed by atoms with van der Waals surface area (Å²) in [5.41, 5.74) is -0.706. The van der Waals surface area contributed by atoms with Crippen molar-refractivity contribution >= 4 is 17.8 Å². The summed E-state index contributed by atoms with van der Waals surface area (Å²) >= 11 is 0. The Labute approximate surface area is 165 Å². The molecule has 28 heavy (non-hydrogen) atoms. The van der Waals surface area contributed by atoms with E-state index in [0.29, 0.717) is 19.6 Å². The molecule has 4 atom stereocenters. The van der Waals surface area contributed by atoms with Crippen molar-refractivity contribution in [3.05, 3.63) is 29.8 Å². The lowest BCUT2D eigenvalue weighted by atomic mass is 9.80. The van der Waals surface area contributed by atoms with Crippen molar-refractivity contribution in [3.8, 4) is 5.75 Å². The van der Waals surface area contributed by atoms with Crippen molar-refractivity contribution < 1.29 is 24.2 Å². The molecule has 2 N–H and O–H groups in total. The minimum atomic E-state index is -1.49. The van der Waals surface area contributed by atoms with Crippen LogP contribution in [0.1, 0.15) is 51.6 Å². The molecule has 152 valence electrons. The van der Waals surface area contributed by atoms with Crippen LogP contribution in [0.4, 0.5) is 0 Å². The zero-order chi connectivity index (χ0) is 20.5. The number of amides is 2. The van der Waals surface area contributed by atoms with Gasteiger partial charge in [0.05, 0.1) is 18.4 Å². The standard InChI is InChI=1S/C21H28N2O5/c1-4-6-11-23-18(24)15-16(19(23)25)21(3,20(26)27)22-17(15)13-7-9-14(10-8-13)28-12-5-2/h7-10,15-17,22H,4-6,11-12H2,1-3H3,(H,26,27). The van der Waals surface area contributed by atoms with Crippen LogP contribution in [0, 0.1) is 11.8 Å². The Morgan fingerprint density at radius 1 is 1.18 bits per heavy atom. The topological polar surface area (TPSA) is 95.9 Å². The summed E-state index contributed by atoms with van der Waals surface area (Å²) in [4.78, 5) is 39.3. The molecule has 1 aromatic rings. The van der Waals surface area contributed by atoms with Crippen LogP contribution in [0.25, 0.3) is 0 Å². The number of aliphatic carboxylic acids is 1. The number of unbranched alkanes of at least 4 members (excludes halogenated alkanes) is 1. The number of carboxylic acid groups (broad SMARTS) is 1. The van der Waals surface area contributed by atoms with Crippen LogP contribution < -0.4 is 10.1 Å². The highest BCUT2D eigenvalue weighted by Crippen LogP contribution is 2.48. The molecule has 0 radical (unpaired) electrons. The third kappa shape index (κ3) is 3.28. The van der Waals surface area contributed by atoms with E-state index in [1.165, 1.54) is 11.8 Å². The van der Waals surface area contributed by atoms with E-state index in [9.17, 15) is 19.5 Å². The molecule has 0 saturated carbocycles. The number of rotatable bonds is 8. The van der Waals surface area contributed by atoms with Crippen molar-refractivity contribution in [1.82, 2.24) is 10.2 Å². The summed E-state index contributed by atoms with van der Waals surface area (Å²) in [7, 11) is 0. The summed E-state index contributed by atoms with van der Waals surface area (Å²) in [6.45, 7) is 6.46. The van der Waals surface area contributed by atoms with Crippen molar-refractivity contribution in [3.63, 3.8) is 0 Å². The van der Waals surface area contributed by atoms with Gasteiger partial charge in [-0.25, -0.2) is 0 Å². The lowest BCUT2D eigenvalue weighted by Gasteiger charge is -2.27. The maximum atomic E-state index is 13.1. The maximum Gasteiger partial charge on any atom is 0.324 e. The van der Waals surface area contributed by atoms with E-state index in [4.69, 9.17) is 4.74 Å². The number of imide groups is 1. The average molecular weight is 388 g/mol. The van der Waals surface area contributed by atoms with Gasteiger partial charge in [0.2, 0.25) is 11.8 Å². The van der Waals surface area contributed by atoms with Gasteiger partial charge in [-0.1, -0.05) is 32.4 Å². The van der Waals surface area contributed by atoms with Crippen LogP contribution in [0.2, 0.25) is 0 Å². The molecule has 2 saturated heterocycles. The Morgan fingerprint density at radius 3 is 2.43 bits per heavy atom. The van der Waals surface area contributed by atoms with Gasteiger partial charge in [-0.15, -0.1) is 0 Å². The number of ether oxygens (including phenoxy) is 1. The zero-order valence-electron chi connectivity index (χ0n) is 16.6. The molecule has 2 heterocycles. The fourth-order valence-electron chi connectivity index (χ4n) is 4.21. The van der Waals surface area contributed by atoms with Gasteiger partial charge in [-0.2, -0.15) is 0 Å². The number of nitrogens with one attached hydrogen (secondary N) is 1. The first-order chi connectivity index (χ1) is 13.3.